The summed E-state index contributed by atoms with van der Waals surface area (Å²) in [7, 11) is 0. The molecule has 122 valence electrons. The summed E-state index contributed by atoms with van der Waals surface area (Å²) in [5, 5.41) is 17.1. The van der Waals surface area contributed by atoms with Crippen LogP contribution in [0.25, 0.3) is 0 Å². The monoisotopic (exact) mass is 338 g/mol. The Labute approximate surface area is 137 Å². The zero-order chi connectivity index (χ0) is 17.1. The molecule has 0 radical (unpaired) electrons. The average Bonchev–Trinajstić information content (AvgIpc) is 2.54. The highest BCUT2D eigenvalue weighted by atomic mass is 35.5. The molecule has 7 heteroatoms. The Morgan fingerprint density at radius 3 is 1.65 bits per heavy atom. The molecule has 6 nitrogen and oxygen atoms in total. The van der Waals surface area contributed by atoms with Crippen LogP contribution in [0.15, 0.2) is 54.6 Å². The molecule has 0 aliphatic rings. The lowest BCUT2D eigenvalue weighted by Crippen LogP contribution is -2.09. The first-order valence-electron chi connectivity index (χ1n) is 6.47. The van der Waals surface area contributed by atoms with Crippen molar-refractivity contribution in [1.82, 2.24) is 0 Å². The second kappa shape index (κ2) is 10.1. The van der Waals surface area contributed by atoms with Crippen LogP contribution < -0.4 is 9.47 Å². The number of carboxylic acids is 2. The summed E-state index contributed by atoms with van der Waals surface area (Å²) in [6.45, 7) is -0.619. The van der Waals surface area contributed by atoms with Gasteiger partial charge in [0.25, 0.3) is 0 Å². The Hall–Kier alpha value is -2.73. The summed E-state index contributed by atoms with van der Waals surface area (Å²) in [5.74, 6) is -0.879. The fourth-order valence-corrected chi connectivity index (χ4v) is 1.46. The van der Waals surface area contributed by atoms with Crippen LogP contribution in [0.5, 0.6) is 11.5 Å². The van der Waals surface area contributed by atoms with Crippen LogP contribution in [0.2, 0.25) is 5.02 Å². The predicted molar refractivity (Wildman–Crippen MR) is 84.2 cm³/mol. The van der Waals surface area contributed by atoms with E-state index in [1.165, 1.54) is 0 Å². The van der Waals surface area contributed by atoms with Crippen LogP contribution in [0.4, 0.5) is 0 Å². The molecular formula is C16H15ClO6. The summed E-state index contributed by atoms with van der Waals surface area (Å²) in [4.78, 5) is 20.1. The Balaban J connectivity index is 0.000000231. The molecule has 2 aromatic rings. The summed E-state index contributed by atoms with van der Waals surface area (Å²) in [6, 6.07) is 15.3. The maximum absolute atomic E-state index is 10.1. The third-order valence-electron chi connectivity index (χ3n) is 2.28. The van der Waals surface area contributed by atoms with E-state index >= 15 is 0 Å². The number of benzene rings is 2. The number of hydrogen-bond acceptors (Lipinski definition) is 4. The van der Waals surface area contributed by atoms with Crippen LogP contribution in [0, 0.1) is 0 Å². The fraction of sp³-hybridized carbons (Fsp3) is 0.125. The van der Waals surface area contributed by atoms with Gasteiger partial charge in [-0.1, -0.05) is 29.8 Å². The fourth-order valence-electron chi connectivity index (χ4n) is 1.34. The van der Waals surface area contributed by atoms with Crippen LogP contribution in [-0.4, -0.2) is 35.4 Å². The Kier molecular flexibility index (Phi) is 8.02. The number of ether oxygens (including phenoxy) is 2. The molecule has 2 rings (SSSR count). The molecule has 0 amide bonds. The third-order valence-corrected chi connectivity index (χ3v) is 2.53. The average molecular weight is 339 g/mol. The SMILES string of the molecule is O=C(O)COc1ccc(Cl)cc1.O=C(O)COc1ccccc1. The second-order valence-corrected chi connectivity index (χ2v) is 4.57. The van der Waals surface area contributed by atoms with Gasteiger partial charge < -0.3 is 19.7 Å². The molecule has 0 spiro atoms. The van der Waals surface area contributed by atoms with E-state index in [1.54, 1.807) is 48.5 Å². The molecule has 0 atom stereocenters. The lowest BCUT2D eigenvalue weighted by atomic mass is 10.3. The van der Waals surface area contributed by atoms with Crippen molar-refractivity contribution < 1.29 is 29.3 Å². The number of carboxylic acid groups (broad SMARTS) is 2. The predicted octanol–water partition coefficient (Wildman–Crippen LogP) is 2.95. The molecule has 0 saturated carbocycles. The van der Waals surface area contributed by atoms with Crippen molar-refractivity contribution >= 4 is 23.5 Å². The Morgan fingerprint density at radius 1 is 0.783 bits per heavy atom. The minimum absolute atomic E-state index is 0.288. The van der Waals surface area contributed by atoms with Gasteiger partial charge in [-0.05, 0) is 36.4 Å². The highest BCUT2D eigenvalue weighted by Gasteiger charge is 1.98. The lowest BCUT2D eigenvalue weighted by Gasteiger charge is -2.01. The minimum atomic E-state index is -0.995. The molecule has 23 heavy (non-hydrogen) atoms. The summed E-state index contributed by atoms with van der Waals surface area (Å²) in [6.07, 6.45) is 0. The van der Waals surface area contributed by atoms with E-state index in [2.05, 4.69) is 0 Å². The van der Waals surface area contributed by atoms with Gasteiger partial charge in [-0.15, -0.1) is 0 Å². The molecule has 0 aromatic heterocycles. The van der Waals surface area contributed by atoms with E-state index in [9.17, 15) is 9.59 Å². The number of aliphatic carboxylic acids is 2. The van der Waals surface area contributed by atoms with Crippen LogP contribution in [0.1, 0.15) is 0 Å². The summed E-state index contributed by atoms with van der Waals surface area (Å²) < 4.78 is 9.73. The van der Waals surface area contributed by atoms with Crippen LogP contribution >= 0.6 is 11.6 Å². The topological polar surface area (TPSA) is 93.1 Å². The number of carbonyl (C=O) groups is 2. The van der Waals surface area contributed by atoms with Crippen molar-refractivity contribution in [3.05, 3.63) is 59.6 Å². The molecular weight excluding hydrogens is 324 g/mol. The standard InChI is InChI=1S/C8H7ClO3.C8H8O3/c9-6-1-3-7(4-2-6)12-5-8(10)11;9-8(10)6-11-7-4-2-1-3-5-7/h1-4H,5H2,(H,10,11);1-5H,6H2,(H,9,10). The molecule has 2 N–H and O–H groups in total. The number of halogens is 1. The van der Waals surface area contributed by atoms with Gasteiger partial charge in [-0.2, -0.15) is 0 Å². The van der Waals surface area contributed by atoms with Crippen molar-refractivity contribution in [2.75, 3.05) is 13.2 Å². The van der Waals surface area contributed by atoms with Gasteiger partial charge in [0, 0.05) is 5.02 Å². The summed E-state index contributed by atoms with van der Waals surface area (Å²) in [5.41, 5.74) is 0. The van der Waals surface area contributed by atoms with E-state index in [1.807, 2.05) is 6.07 Å². The second-order valence-electron chi connectivity index (χ2n) is 4.13. The highest BCUT2D eigenvalue weighted by Crippen LogP contribution is 2.15. The smallest absolute Gasteiger partial charge is 0.341 e. The maximum Gasteiger partial charge on any atom is 0.341 e. The van der Waals surface area contributed by atoms with E-state index < -0.39 is 11.9 Å². The maximum atomic E-state index is 10.1. The third kappa shape index (κ3) is 9.00. The molecule has 0 fully saturated rings. The van der Waals surface area contributed by atoms with Gasteiger partial charge in [-0.3, -0.25) is 0 Å². The van der Waals surface area contributed by atoms with Gasteiger partial charge in [0.1, 0.15) is 11.5 Å². The zero-order valence-electron chi connectivity index (χ0n) is 12.0. The molecule has 0 aliphatic heterocycles. The van der Waals surface area contributed by atoms with Crippen molar-refractivity contribution in [2.24, 2.45) is 0 Å². The number of rotatable bonds is 6. The largest absolute Gasteiger partial charge is 0.482 e. The van der Waals surface area contributed by atoms with E-state index in [-0.39, 0.29) is 13.2 Å². The Bertz CT molecular complexity index is 612. The highest BCUT2D eigenvalue weighted by molar-refractivity contribution is 6.30. The number of para-hydroxylation sites is 1. The molecule has 0 bridgehead atoms. The van der Waals surface area contributed by atoms with Crippen LogP contribution in [-0.2, 0) is 9.59 Å². The molecule has 2 aromatic carbocycles. The normalized spacial score (nSPS) is 9.26. The Morgan fingerprint density at radius 2 is 1.22 bits per heavy atom. The first-order valence-corrected chi connectivity index (χ1v) is 6.85. The quantitative estimate of drug-likeness (QED) is 0.841. The van der Waals surface area contributed by atoms with Crippen molar-refractivity contribution in [3.8, 4) is 11.5 Å². The molecule has 0 unspecified atom stereocenters. The van der Waals surface area contributed by atoms with E-state index in [0.29, 0.717) is 16.5 Å². The molecule has 0 aliphatic carbocycles. The first kappa shape index (κ1) is 18.3. The van der Waals surface area contributed by atoms with Crippen LogP contribution in [0.3, 0.4) is 0 Å². The van der Waals surface area contributed by atoms with E-state index in [0.717, 1.165) is 0 Å². The van der Waals surface area contributed by atoms with Gasteiger partial charge in [0.05, 0.1) is 0 Å². The van der Waals surface area contributed by atoms with Crippen molar-refractivity contribution in [3.63, 3.8) is 0 Å². The molecule has 0 saturated heterocycles. The van der Waals surface area contributed by atoms with Gasteiger partial charge in [0.15, 0.2) is 13.2 Å². The lowest BCUT2D eigenvalue weighted by molar-refractivity contribution is -0.140. The van der Waals surface area contributed by atoms with Gasteiger partial charge in [0.2, 0.25) is 0 Å². The van der Waals surface area contributed by atoms with Crippen molar-refractivity contribution in [1.29, 1.82) is 0 Å². The summed E-state index contributed by atoms with van der Waals surface area (Å²) >= 11 is 5.60. The van der Waals surface area contributed by atoms with Gasteiger partial charge in [-0.25, -0.2) is 9.59 Å². The first-order chi connectivity index (χ1) is 11.0. The molecule has 0 heterocycles. The van der Waals surface area contributed by atoms with Crippen molar-refractivity contribution in [2.45, 2.75) is 0 Å². The van der Waals surface area contributed by atoms with E-state index in [4.69, 9.17) is 31.3 Å². The van der Waals surface area contributed by atoms with Gasteiger partial charge >= 0.3 is 11.9 Å². The minimum Gasteiger partial charge on any atom is -0.482 e. The zero-order valence-corrected chi connectivity index (χ0v) is 12.8. The number of hydrogen-bond donors (Lipinski definition) is 2.